The standard InChI is InChI=1S/C17H21N3O2/c1-17(2,3)12-5-6-13-14(9-12)15(10-18)20(16(13)22)8-4-7-19-11-21/h5-6,9,11,15H,4,7-8H2,1-3H3,(H,19,21). The van der Waals surface area contributed by atoms with Gasteiger partial charge >= 0.3 is 0 Å². The monoisotopic (exact) mass is 299 g/mol. The fraction of sp³-hybridized carbons (Fsp3) is 0.471. The van der Waals surface area contributed by atoms with Crippen molar-refractivity contribution < 1.29 is 9.59 Å². The number of carbonyl (C=O) groups excluding carboxylic acids is 2. The van der Waals surface area contributed by atoms with Gasteiger partial charge in [0.25, 0.3) is 5.91 Å². The van der Waals surface area contributed by atoms with Crippen LogP contribution in [0.25, 0.3) is 0 Å². The molecule has 0 radical (unpaired) electrons. The molecule has 1 aliphatic heterocycles. The van der Waals surface area contributed by atoms with E-state index in [0.717, 1.165) is 11.1 Å². The third-order valence-corrected chi connectivity index (χ3v) is 3.94. The Bertz CT molecular complexity index is 626. The van der Waals surface area contributed by atoms with Crippen molar-refractivity contribution in [2.45, 2.75) is 38.6 Å². The van der Waals surface area contributed by atoms with Crippen molar-refractivity contribution in [3.63, 3.8) is 0 Å². The van der Waals surface area contributed by atoms with Gasteiger partial charge < -0.3 is 10.2 Å². The maximum Gasteiger partial charge on any atom is 0.255 e. The SMILES string of the molecule is CC(C)(C)c1ccc2c(c1)C(C#N)N(CCCNC=O)C2=O. The molecule has 0 aromatic heterocycles. The second kappa shape index (κ2) is 6.18. The molecule has 1 N–H and O–H groups in total. The molecule has 1 atom stereocenters. The van der Waals surface area contributed by atoms with Crippen LogP contribution in [0.2, 0.25) is 0 Å². The molecule has 2 rings (SSSR count). The molecule has 0 saturated carbocycles. The molecule has 116 valence electrons. The van der Waals surface area contributed by atoms with Crippen LogP contribution in [0.3, 0.4) is 0 Å². The van der Waals surface area contributed by atoms with Gasteiger partial charge in [-0.1, -0.05) is 32.9 Å². The predicted molar refractivity (Wildman–Crippen MR) is 83.2 cm³/mol. The van der Waals surface area contributed by atoms with Crippen molar-refractivity contribution in [2.24, 2.45) is 0 Å². The van der Waals surface area contributed by atoms with E-state index in [-0.39, 0.29) is 11.3 Å². The zero-order chi connectivity index (χ0) is 16.3. The first-order valence-electron chi connectivity index (χ1n) is 7.42. The average molecular weight is 299 g/mol. The first kappa shape index (κ1) is 16.0. The Morgan fingerprint density at radius 3 is 2.73 bits per heavy atom. The molecule has 1 unspecified atom stereocenters. The summed E-state index contributed by atoms with van der Waals surface area (Å²) in [4.78, 5) is 24.3. The molecule has 0 bridgehead atoms. The molecule has 5 nitrogen and oxygen atoms in total. The van der Waals surface area contributed by atoms with Gasteiger partial charge in [0.15, 0.2) is 0 Å². The number of nitrogens with one attached hydrogen (secondary N) is 1. The van der Waals surface area contributed by atoms with Crippen LogP contribution in [0.15, 0.2) is 18.2 Å². The molecule has 5 heteroatoms. The smallest absolute Gasteiger partial charge is 0.255 e. The topological polar surface area (TPSA) is 73.2 Å². The minimum atomic E-state index is -0.541. The van der Waals surface area contributed by atoms with E-state index in [9.17, 15) is 14.9 Å². The summed E-state index contributed by atoms with van der Waals surface area (Å²) >= 11 is 0. The van der Waals surface area contributed by atoms with Crippen LogP contribution in [-0.4, -0.2) is 30.3 Å². The summed E-state index contributed by atoms with van der Waals surface area (Å²) in [5.74, 6) is -0.104. The lowest BCUT2D eigenvalue weighted by atomic mass is 9.85. The number of hydrogen-bond acceptors (Lipinski definition) is 3. The predicted octanol–water partition coefficient (Wildman–Crippen LogP) is 2.14. The van der Waals surface area contributed by atoms with Crippen LogP contribution in [0.4, 0.5) is 0 Å². The van der Waals surface area contributed by atoms with Crippen LogP contribution in [0.1, 0.15) is 54.7 Å². The summed E-state index contributed by atoms with van der Waals surface area (Å²) in [6, 6.07) is 7.46. The van der Waals surface area contributed by atoms with Crippen LogP contribution >= 0.6 is 0 Å². The van der Waals surface area contributed by atoms with E-state index in [1.807, 2.05) is 18.2 Å². The van der Waals surface area contributed by atoms with E-state index in [0.29, 0.717) is 31.5 Å². The normalized spacial score (nSPS) is 17.1. The number of carbonyl (C=O) groups is 2. The highest BCUT2D eigenvalue weighted by molar-refractivity contribution is 5.99. The van der Waals surface area contributed by atoms with Crippen LogP contribution in [0.5, 0.6) is 0 Å². The van der Waals surface area contributed by atoms with Crippen molar-refractivity contribution in [3.05, 3.63) is 34.9 Å². The number of nitrogens with zero attached hydrogens (tertiary/aromatic N) is 2. The Morgan fingerprint density at radius 2 is 2.14 bits per heavy atom. The zero-order valence-corrected chi connectivity index (χ0v) is 13.2. The summed E-state index contributed by atoms with van der Waals surface area (Å²) < 4.78 is 0. The van der Waals surface area contributed by atoms with E-state index >= 15 is 0 Å². The fourth-order valence-corrected chi connectivity index (χ4v) is 2.67. The quantitative estimate of drug-likeness (QED) is 0.668. The molecule has 0 aliphatic carbocycles. The Labute approximate surface area is 130 Å². The lowest BCUT2D eigenvalue weighted by Gasteiger charge is -2.21. The summed E-state index contributed by atoms with van der Waals surface area (Å²) in [5, 5.41) is 12.1. The minimum Gasteiger partial charge on any atom is -0.359 e. The third-order valence-electron chi connectivity index (χ3n) is 3.94. The molecule has 1 aromatic rings. The summed E-state index contributed by atoms with van der Waals surface area (Å²) in [6.07, 6.45) is 1.26. The molecular weight excluding hydrogens is 278 g/mol. The Morgan fingerprint density at radius 1 is 1.41 bits per heavy atom. The van der Waals surface area contributed by atoms with Gasteiger partial charge in [0, 0.05) is 24.2 Å². The van der Waals surface area contributed by atoms with Crippen molar-refractivity contribution in [3.8, 4) is 6.07 Å². The van der Waals surface area contributed by atoms with Gasteiger partial charge in [-0.3, -0.25) is 9.59 Å². The van der Waals surface area contributed by atoms with Gasteiger partial charge in [-0.2, -0.15) is 5.26 Å². The third kappa shape index (κ3) is 2.96. The van der Waals surface area contributed by atoms with E-state index in [2.05, 4.69) is 32.2 Å². The molecular formula is C17H21N3O2. The number of benzene rings is 1. The van der Waals surface area contributed by atoms with Crippen LogP contribution in [-0.2, 0) is 10.2 Å². The highest BCUT2D eigenvalue weighted by Crippen LogP contribution is 2.36. The van der Waals surface area contributed by atoms with E-state index < -0.39 is 6.04 Å². The second-order valence-corrected chi connectivity index (χ2v) is 6.51. The Balaban J connectivity index is 2.26. The number of nitriles is 1. The largest absolute Gasteiger partial charge is 0.359 e. The number of rotatable bonds is 5. The van der Waals surface area contributed by atoms with Gasteiger partial charge in [0.05, 0.1) is 6.07 Å². The molecule has 0 fully saturated rings. The van der Waals surface area contributed by atoms with Crippen molar-refractivity contribution >= 4 is 12.3 Å². The van der Waals surface area contributed by atoms with Gasteiger partial charge in [-0.25, -0.2) is 0 Å². The second-order valence-electron chi connectivity index (χ2n) is 6.51. The Hall–Kier alpha value is -2.35. The van der Waals surface area contributed by atoms with Gasteiger partial charge in [0.2, 0.25) is 6.41 Å². The molecule has 1 heterocycles. The van der Waals surface area contributed by atoms with Gasteiger partial charge in [-0.15, -0.1) is 0 Å². The van der Waals surface area contributed by atoms with E-state index in [4.69, 9.17) is 0 Å². The average Bonchev–Trinajstić information content (AvgIpc) is 2.74. The highest BCUT2D eigenvalue weighted by Gasteiger charge is 2.37. The highest BCUT2D eigenvalue weighted by atomic mass is 16.2. The van der Waals surface area contributed by atoms with Crippen molar-refractivity contribution in [1.82, 2.24) is 10.2 Å². The molecule has 2 amide bonds. The number of hydrogen-bond donors (Lipinski definition) is 1. The molecule has 0 spiro atoms. The van der Waals surface area contributed by atoms with E-state index in [1.165, 1.54) is 0 Å². The lowest BCUT2D eigenvalue weighted by molar-refractivity contribution is -0.109. The van der Waals surface area contributed by atoms with Gasteiger partial charge in [0.1, 0.15) is 6.04 Å². The first-order valence-corrected chi connectivity index (χ1v) is 7.42. The lowest BCUT2D eigenvalue weighted by Crippen LogP contribution is -2.30. The fourth-order valence-electron chi connectivity index (χ4n) is 2.67. The zero-order valence-electron chi connectivity index (χ0n) is 13.2. The van der Waals surface area contributed by atoms with Crippen LogP contribution in [0, 0.1) is 11.3 Å². The summed E-state index contributed by atoms with van der Waals surface area (Å²) in [5.41, 5.74) is 2.49. The van der Waals surface area contributed by atoms with Crippen molar-refractivity contribution in [2.75, 3.05) is 13.1 Å². The molecule has 1 aliphatic rings. The molecule has 22 heavy (non-hydrogen) atoms. The number of fused-ring (bicyclic) bond motifs is 1. The maximum atomic E-state index is 12.5. The maximum absolute atomic E-state index is 12.5. The van der Waals surface area contributed by atoms with E-state index in [1.54, 1.807) is 4.90 Å². The number of amides is 2. The minimum absolute atomic E-state index is 0.0284. The van der Waals surface area contributed by atoms with Crippen molar-refractivity contribution in [1.29, 1.82) is 5.26 Å². The van der Waals surface area contributed by atoms with Gasteiger partial charge in [-0.05, 0) is 23.5 Å². The first-order chi connectivity index (χ1) is 10.4. The summed E-state index contributed by atoms with van der Waals surface area (Å²) in [7, 11) is 0. The molecule has 0 saturated heterocycles. The molecule has 1 aromatic carbocycles. The van der Waals surface area contributed by atoms with Crippen LogP contribution < -0.4 is 5.32 Å². The Kier molecular flexibility index (Phi) is 4.51. The summed E-state index contributed by atoms with van der Waals surface area (Å²) in [6.45, 7) is 7.27.